The molecule has 0 unspecified atom stereocenters. The summed E-state index contributed by atoms with van der Waals surface area (Å²) in [5.41, 5.74) is -0.565. The molecule has 1 saturated carbocycles. The predicted octanol–water partition coefficient (Wildman–Crippen LogP) is 2.21. The zero-order valence-corrected chi connectivity index (χ0v) is 14.4. The minimum Gasteiger partial charge on any atom is -0.277 e. The topological polar surface area (TPSA) is 92.3 Å². The molecular weight excluding hydrogens is 374 g/mol. The largest absolute Gasteiger partial charge is 0.277 e. The molecule has 0 saturated heterocycles. The molecule has 134 valence electrons. The maximum Gasteiger partial charge on any atom is 0.262 e. The van der Waals surface area contributed by atoms with E-state index in [1.165, 1.54) is 12.1 Å². The normalized spacial score (nSPS) is 15.1. The molecule has 10 heteroatoms. The number of hydrogen-bond acceptors (Lipinski definition) is 4. The third-order valence-electron chi connectivity index (χ3n) is 3.50. The smallest absolute Gasteiger partial charge is 0.262 e. The van der Waals surface area contributed by atoms with E-state index in [0.717, 1.165) is 37.1 Å². The van der Waals surface area contributed by atoms with Crippen molar-refractivity contribution in [2.75, 3.05) is 4.72 Å². The van der Waals surface area contributed by atoms with Gasteiger partial charge in [0.1, 0.15) is 11.6 Å². The van der Waals surface area contributed by atoms with Crippen LogP contribution in [-0.4, -0.2) is 22.9 Å². The zero-order valence-electron chi connectivity index (χ0n) is 12.7. The van der Waals surface area contributed by atoms with Crippen molar-refractivity contribution in [1.82, 2.24) is 4.72 Å². The summed E-state index contributed by atoms with van der Waals surface area (Å²) in [5.74, 6) is -1.77. The van der Waals surface area contributed by atoms with E-state index in [1.54, 1.807) is 0 Å². The Bertz CT molecular complexity index is 1020. The standard InChI is InChI=1S/C15H14F2N2O4S2/c16-10-4-7-14(17)15(8-10)19-25(22,23)13-3-1-2-12(9-13)24(20,21)18-11-5-6-11/h1-4,7-9,11,18-19H,5-6H2. The third-order valence-corrected chi connectivity index (χ3v) is 6.38. The number of halogens is 2. The van der Waals surface area contributed by atoms with Crippen molar-refractivity contribution in [3.63, 3.8) is 0 Å². The Hall–Kier alpha value is -2.04. The molecular formula is C15H14F2N2O4S2. The molecule has 0 amide bonds. The van der Waals surface area contributed by atoms with Gasteiger partial charge in [-0.25, -0.2) is 30.3 Å². The monoisotopic (exact) mass is 388 g/mol. The average Bonchev–Trinajstić information content (AvgIpc) is 3.34. The predicted molar refractivity (Wildman–Crippen MR) is 87.0 cm³/mol. The van der Waals surface area contributed by atoms with Crippen molar-refractivity contribution in [1.29, 1.82) is 0 Å². The van der Waals surface area contributed by atoms with Gasteiger partial charge in [-0.05, 0) is 43.2 Å². The summed E-state index contributed by atoms with van der Waals surface area (Å²) in [7, 11) is -8.14. The molecule has 0 heterocycles. The molecule has 0 aliphatic heterocycles. The van der Waals surface area contributed by atoms with Crippen molar-refractivity contribution in [3.8, 4) is 0 Å². The first-order chi connectivity index (χ1) is 11.7. The Morgan fingerprint density at radius 3 is 2.16 bits per heavy atom. The van der Waals surface area contributed by atoms with Crippen molar-refractivity contribution in [3.05, 3.63) is 54.1 Å². The summed E-state index contributed by atoms with van der Waals surface area (Å²) in [5, 5.41) is 0. The lowest BCUT2D eigenvalue weighted by Gasteiger charge is -2.11. The van der Waals surface area contributed by atoms with Gasteiger partial charge >= 0.3 is 0 Å². The highest BCUT2D eigenvalue weighted by Crippen LogP contribution is 2.24. The van der Waals surface area contributed by atoms with Crippen molar-refractivity contribution < 1.29 is 25.6 Å². The van der Waals surface area contributed by atoms with E-state index in [9.17, 15) is 25.6 Å². The molecule has 0 aromatic heterocycles. The van der Waals surface area contributed by atoms with Crippen molar-refractivity contribution in [2.24, 2.45) is 0 Å². The molecule has 1 fully saturated rings. The van der Waals surface area contributed by atoms with Crippen LogP contribution in [0.4, 0.5) is 14.5 Å². The summed E-state index contributed by atoms with van der Waals surface area (Å²) >= 11 is 0. The highest BCUT2D eigenvalue weighted by Gasteiger charge is 2.28. The maximum atomic E-state index is 13.6. The van der Waals surface area contributed by atoms with Crippen molar-refractivity contribution in [2.45, 2.75) is 28.7 Å². The molecule has 6 nitrogen and oxygen atoms in total. The molecule has 2 aromatic rings. The van der Waals surface area contributed by atoms with Crippen LogP contribution in [0, 0.1) is 11.6 Å². The molecule has 0 radical (unpaired) electrons. The van der Waals surface area contributed by atoms with Gasteiger partial charge in [0.25, 0.3) is 10.0 Å². The Morgan fingerprint density at radius 1 is 0.880 bits per heavy atom. The zero-order chi connectivity index (χ0) is 18.2. The fourth-order valence-corrected chi connectivity index (χ4v) is 4.61. The van der Waals surface area contributed by atoms with Crippen LogP contribution in [0.2, 0.25) is 0 Å². The van der Waals surface area contributed by atoms with Crippen LogP contribution in [0.3, 0.4) is 0 Å². The molecule has 2 N–H and O–H groups in total. The van der Waals surface area contributed by atoms with E-state index in [2.05, 4.69) is 4.72 Å². The van der Waals surface area contributed by atoms with Gasteiger partial charge in [0.2, 0.25) is 10.0 Å². The number of sulfonamides is 2. The summed E-state index contributed by atoms with van der Waals surface area (Å²) < 4.78 is 80.3. The van der Waals surface area contributed by atoms with Crippen molar-refractivity contribution >= 4 is 25.7 Å². The summed E-state index contributed by atoms with van der Waals surface area (Å²) in [6, 6.07) is 6.84. The fraction of sp³-hybridized carbons (Fsp3) is 0.200. The number of benzene rings is 2. The molecule has 0 bridgehead atoms. The lowest BCUT2D eigenvalue weighted by molar-refractivity contribution is 0.580. The van der Waals surface area contributed by atoms with Gasteiger partial charge in [0, 0.05) is 12.1 Å². The van der Waals surface area contributed by atoms with Crippen LogP contribution in [-0.2, 0) is 20.0 Å². The van der Waals surface area contributed by atoms with Crippen LogP contribution in [0.25, 0.3) is 0 Å². The van der Waals surface area contributed by atoms with Crippen LogP contribution in [0.5, 0.6) is 0 Å². The van der Waals surface area contributed by atoms with Crippen LogP contribution >= 0.6 is 0 Å². The first-order valence-corrected chi connectivity index (χ1v) is 10.2. The Kier molecular flexibility index (Phi) is 4.52. The van der Waals surface area contributed by atoms with E-state index in [1.807, 2.05) is 4.72 Å². The molecule has 25 heavy (non-hydrogen) atoms. The summed E-state index contributed by atoms with van der Waals surface area (Å²) in [4.78, 5) is -0.600. The lowest BCUT2D eigenvalue weighted by Crippen LogP contribution is -2.26. The van der Waals surface area contributed by atoms with Gasteiger partial charge in [-0.15, -0.1) is 0 Å². The average molecular weight is 388 g/mol. The minimum atomic E-state index is -4.30. The van der Waals surface area contributed by atoms with Crippen LogP contribution in [0.1, 0.15) is 12.8 Å². The fourth-order valence-electron chi connectivity index (χ4n) is 2.08. The van der Waals surface area contributed by atoms with E-state index < -0.39 is 37.4 Å². The minimum absolute atomic E-state index is 0.134. The SMILES string of the molecule is O=S(=O)(Nc1cc(F)ccc1F)c1cccc(S(=O)(=O)NC2CC2)c1. The molecule has 2 aromatic carbocycles. The highest BCUT2D eigenvalue weighted by atomic mass is 32.2. The number of anilines is 1. The third kappa shape index (κ3) is 4.14. The van der Waals surface area contributed by atoms with E-state index in [4.69, 9.17) is 0 Å². The van der Waals surface area contributed by atoms with Gasteiger partial charge in [-0.2, -0.15) is 0 Å². The quantitative estimate of drug-likeness (QED) is 0.794. The lowest BCUT2D eigenvalue weighted by atomic mass is 10.3. The molecule has 3 rings (SSSR count). The number of nitrogens with one attached hydrogen (secondary N) is 2. The second-order valence-corrected chi connectivity index (χ2v) is 9.00. The van der Waals surface area contributed by atoms with Gasteiger partial charge in [0.15, 0.2) is 0 Å². The van der Waals surface area contributed by atoms with E-state index in [0.29, 0.717) is 6.07 Å². The Morgan fingerprint density at radius 2 is 1.52 bits per heavy atom. The summed E-state index contributed by atoms with van der Waals surface area (Å²) in [6.07, 6.45) is 1.47. The molecule has 0 atom stereocenters. The van der Waals surface area contributed by atoms with Gasteiger partial charge in [0.05, 0.1) is 15.5 Å². The van der Waals surface area contributed by atoms with E-state index >= 15 is 0 Å². The second-order valence-electron chi connectivity index (χ2n) is 5.60. The van der Waals surface area contributed by atoms with Gasteiger partial charge < -0.3 is 0 Å². The molecule has 0 spiro atoms. The van der Waals surface area contributed by atoms with E-state index in [-0.39, 0.29) is 15.8 Å². The Labute approximate surface area is 144 Å². The maximum absolute atomic E-state index is 13.6. The van der Waals surface area contributed by atoms with Crippen LogP contribution in [0.15, 0.2) is 52.3 Å². The second kappa shape index (κ2) is 6.36. The first kappa shape index (κ1) is 17.8. The van der Waals surface area contributed by atoms with Gasteiger partial charge in [-0.1, -0.05) is 6.07 Å². The number of rotatable bonds is 6. The van der Waals surface area contributed by atoms with Gasteiger partial charge in [-0.3, -0.25) is 4.72 Å². The molecule has 1 aliphatic rings. The Balaban J connectivity index is 1.92. The molecule has 1 aliphatic carbocycles. The summed E-state index contributed by atoms with van der Waals surface area (Å²) in [6.45, 7) is 0. The highest BCUT2D eigenvalue weighted by molar-refractivity contribution is 7.93. The number of hydrogen-bond donors (Lipinski definition) is 2. The first-order valence-electron chi connectivity index (χ1n) is 7.28. The van der Waals surface area contributed by atoms with Crippen LogP contribution < -0.4 is 9.44 Å².